The van der Waals surface area contributed by atoms with Gasteiger partial charge in [0.25, 0.3) is 0 Å². The minimum atomic E-state index is -0.676. The lowest BCUT2D eigenvalue weighted by Gasteiger charge is -2.16. The second kappa shape index (κ2) is 3.73. The van der Waals surface area contributed by atoms with Crippen LogP contribution in [0.3, 0.4) is 0 Å². The first-order valence-electron chi connectivity index (χ1n) is 6.64. The van der Waals surface area contributed by atoms with Crippen LogP contribution in [0.2, 0.25) is 0 Å². The Morgan fingerprint density at radius 3 is 2.56 bits per heavy atom. The van der Waals surface area contributed by atoms with Gasteiger partial charge in [-0.1, -0.05) is 0 Å². The van der Waals surface area contributed by atoms with Crippen LogP contribution in [0.1, 0.15) is 39.0 Å². The van der Waals surface area contributed by atoms with Gasteiger partial charge in [-0.25, -0.2) is 0 Å². The zero-order chi connectivity index (χ0) is 11.3. The molecule has 5 atom stereocenters. The summed E-state index contributed by atoms with van der Waals surface area (Å²) in [5, 5.41) is 12.3. The number of carboxylic acid groups (broad SMARTS) is 1. The first-order chi connectivity index (χ1) is 7.66. The van der Waals surface area contributed by atoms with Crippen molar-refractivity contribution >= 4 is 5.97 Å². The third-order valence-corrected chi connectivity index (χ3v) is 5.00. The van der Waals surface area contributed by atoms with Gasteiger partial charge in [0.15, 0.2) is 0 Å². The second-order valence-corrected chi connectivity index (χ2v) is 6.01. The molecule has 0 radical (unpaired) electrons. The molecule has 3 aliphatic carbocycles. The molecule has 90 valence electrons. The van der Waals surface area contributed by atoms with Crippen molar-refractivity contribution in [3.63, 3.8) is 0 Å². The van der Waals surface area contributed by atoms with Gasteiger partial charge in [-0.05, 0) is 56.3 Å². The fourth-order valence-electron chi connectivity index (χ4n) is 4.30. The molecule has 3 nitrogen and oxygen atoms in total. The summed E-state index contributed by atoms with van der Waals surface area (Å²) >= 11 is 0. The minimum Gasteiger partial charge on any atom is -0.481 e. The number of rotatable bonds is 5. The Hall–Kier alpha value is -0.570. The van der Waals surface area contributed by atoms with Crippen LogP contribution < -0.4 is 5.32 Å². The number of nitrogens with one attached hydrogen (secondary N) is 1. The molecule has 0 aromatic carbocycles. The molecule has 0 aromatic rings. The molecule has 3 aliphatic rings. The summed E-state index contributed by atoms with van der Waals surface area (Å²) in [7, 11) is 0. The van der Waals surface area contributed by atoms with E-state index in [0.29, 0.717) is 12.5 Å². The van der Waals surface area contributed by atoms with Crippen LogP contribution in [0.25, 0.3) is 0 Å². The maximum atomic E-state index is 10.5. The molecular weight excluding hydrogens is 202 g/mol. The third kappa shape index (κ3) is 1.65. The second-order valence-electron chi connectivity index (χ2n) is 6.01. The summed E-state index contributed by atoms with van der Waals surface area (Å²) in [6.45, 7) is 2.12. The molecule has 0 spiro atoms. The van der Waals surface area contributed by atoms with E-state index in [1.807, 2.05) is 0 Å². The van der Waals surface area contributed by atoms with Crippen molar-refractivity contribution in [1.29, 1.82) is 0 Å². The number of carboxylic acids is 1. The largest absolute Gasteiger partial charge is 0.481 e. The fourth-order valence-corrected chi connectivity index (χ4v) is 4.30. The van der Waals surface area contributed by atoms with Crippen molar-refractivity contribution in [2.45, 2.75) is 51.1 Å². The van der Waals surface area contributed by atoms with Crippen LogP contribution in [0.5, 0.6) is 0 Å². The topological polar surface area (TPSA) is 49.3 Å². The molecule has 0 aromatic heterocycles. The van der Waals surface area contributed by atoms with Gasteiger partial charge in [0.1, 0.15) is 0 Å². The molecular formula is C13H21NO2. The molecule has 0 saturated heterocycles. The van der Waals surface area contributed by atoms with Gasteiger partial charge in [0, 0.05) is 18.5 Å². The summed E-state index contributed by atoms with van der Waals surface area (Å²) in [4.78, 5) is 10.5. The quantitative estimate of drug-likeness (QED) is 0.748. The zero-order valence-corrected chi connectivity index (χ0v) is 9.86. The molecule has 3 heteroatoms. The first-order valence-corrected chi connectivity index (χ1v) is 6.64. The Labute approximate surface area is 96.6 Å². The van der Waals surface area contributed by atoms with Gasteiger partial charge in [0.05, 0.1) is 0 Å². The lowest BCUT2D eigenvalue weighted by molar-refractivity contribution is -0.137. The lowest BCUT2D eigenvalue weighted by Crippen LogP contribution is -2.32. The number of fused-ring (bicyclic) bond motifs is 5. The predicted molar refractivity (Wildman–Crippen MR) is 61.1 cm³/mol. The number of carbonyl (C=O) groups is 1. The van der Waals surface area contributed by atoms with E-state index in [-0.39, 0.29) is 0 Å². The Kier molecular flexibility index (Phi) is 2.46. The molecule has 2 N–H and O–H groups in total. The summed E-state index contributed by atoms with van der Waals surface area (Å²) in [6.07, 6.45) is 5.45. The van der Waals surface area contributed by atoms with E-state index in [4.69, 9.17) is 5.11 Å². The summed E-state index contributed by atoms with van der Waals surface area (Å²) < 4.78 is 0. The van der Waals surface area contributed by atoms with E-state index in [0.717, 1.165) is 36.1 Å². The zero-order valence-electron chi connectivity index (χ0n) is 9.86. The highest BCUT2D eigenvalue weighted by Gasteiger charge is 2.64. The highest BCUT2D eigenvalue weighted by molar-refractivity contribution is 5.66. The highest BCUT2D eigenvalue weighted by Crippen LogP contribution is 2.65. The van der Waals surface area contributed by atoms with Crippen LogP contribution in [-0.2, 0) is 4.79 Å². The normalized spacial score (nSPS) is 45.4. The van der Waals surface area contributed by atoms with E-state index in [2.05, 4.69) is 12.2 Å². The highest BCUT2D eigenvalue weighted by atomic mass is 16.4. The van der Waals surface area contributed by atoms with Gasteiger partial charge in [-0.2, -0.15) is 0 Å². The molecule has 0 amide bonds. The predicted octanol–water partition coefficient (Wildman–Crippen LogP) is 1.87. The summed E-state index contributed by atoms with van der Waals surface area (Å²) in [6, 6.07) is 1.10. The van der Waals surface area contributed by atoms with Crippen LogP contribution in [0, 0.1) is 23.7 Å². The maximum absolute atomic E-state index is 10.5. The van der Waals surface area contributed by atoms with Gasteiger partial charge in [0.2, 0.25) is 0 Å². The Morgan fingerprint density at radius 2 is 2.00 bits per heavy atom. The molecule has 3 rings (SSSR count). The van der Waals surface area contributed by atoms with Crippen LogP contribution in [-0.4, -0.2) is 23.2 Å². The minimum absolute atomic E-state index is 0.295. The van der Waals surface area contributed by atoms with Gasteiger partial charge in [-0.15, -0.1) is 0 Å². The Bertz CT molecular complexity index is 288. The molecule has 0 aliphatic heterocycles. The number of hydrogen-bond donors (Lipinski definition) is 2. The van der Waals surface area contributed by atoms with Crippen molar-refractivity contribution in [3.05, 3.63) is 0 Å². The van der Waals surface area contributed by atoms with E-state index >= 15 is 0 Å². The van der Waals surface area contributed by atoms with E-state index < -0.39 is 5.97 Å². The third-order valence-electron chi connectivity index (χ3n) is 5.00. The summed E-state index contributed by atoms with van der Waals surface area (Å²) in [5.41, 5.74) is 0. The number of hydrogen-bond acceptors (Lipinski definition) is 2. The molecule has 3 saturated carbocycles. The smallest absolute Gasteiger partial charge is 0.303 e. The molecule has 3 fully saturated rings. The first kappa shape index (κ1) is 10.6. The molecule has 16 heavy (non-hydrogen) atoms. The van der Waals surface area contributed by atoms with E-state index in [1.54, 1.807) is 0 Å². The SMILES string of the molecule is CC(CCC(=O)O)NC1C2C3CCC(C3)C12. The van der Waals surface area contributed by atoms with Crippen molar-refractivity contribution in [1.82, 2.24) is 5.32 Å². The van der Waals surface area contributed by atoms with E-state index in [1.165, 1.54) is 19.3 Å². The van der Waals surface area contributed by atoms with Gasteiger partial charge >= 0.3 is 5.97 Å². The van der Waals surface area contributed by atoms with E-state index in [9.17, 15) is 4.79 Å². The van der Waals surface area contributed by atoms with Crippen LogP contribution in [0.4, 0.5) is 0 Å². The monoisotopic (exact) mass is 223 g/mol. The van der Waals surface area contributed by atoms with Gasteiger partial charge < -0.3 is 10.4 Å². The standard InChI is InChI=1S/C13H21NO2/c1-7(2-5-10(15)16)14-13-11-8-3-4-9(6-8)12(11)13/h7-9,11-14H,2-6H2,1H3,(H,15,16). The lowest BCUT2D eigenvalue weighted by atomic mass is 10.0. The molecule has 2 bridgehead atoms. The fraction of sp³-hybridized carbons (Fsp3) is 0.923. The Balaban J connectivity index is 1.46. The summed E-state index contributed by atoms with van der Waals surface area (Å²) in [5.74, 6) is 3.22. The Morgan fingerprint density at radius 1 is 1.38 bits per heavy atom. The van der Waals surface area contributed by atoms with Crippen LogP contribution >= 0.6 is 0 Å². The maximum Gasteiger partial charge on any atom is 0.303 e. The van der Waals surface area contributed by atoms with Crippen molar-refractivity contribution in [2.24, 2.45) is 23.7 Å². The molecule has 5 unspecified atom stereocenters. The van der Waals surface area contributed by atoms with Crippen molar-refractivity contribution in [3.8, 4) is 0 Å². The van der Waals surface area contributed by atoms with Crippen molar-refractivity contribution in [2.75, 3.05) is 0 Å². The van der Waals surface area contributed by atoms with Crippen molar-refractivity contribution < 1.29 is 9.90 Å². The van der Waals surface area contributed by atoms with Gasteiger partial charge in [-0.3, -0.25) is 4.79 Å². The average molecular weight is 223 g/mol. The average Bonchev–Trinajstić information content (AvgIpc) is 2.66. The number of aliphatic carboxylic acids is 1. The molecule has 0 heterocycles. The van der Waals surface area contributed by atoms with Crippen LogP contribution in [0.15, 0.2) is 0 Å².